The van der Waals surface area contributed by atoms with Crippen molar-refractivity contribution in [1.29, 1.82) is 0 Å². The van der Waals surface area contributed by atoms with Crippen molar-refractivity contribution in [3.8, 4) is 5.75 Å². The average Bonchev–Trinajstić information content (AvgIpc) is 2.79. The summed E-state index contributed by atoms with van der Waals surface area (Å²) >= 11 is 3.47. The maximum atomic E-state index is 12.0. The van der Waals surface area contributed by atoms with Crippen LogP contribution in [0.15, 0.2) is 24.3 Å². The van der Waals surface area contributed by atoms with E-state index in [0.29, 0.717) is 11.8 Å². The molecule has 1 aromatic carbocycles. The minimum Gasteiger partial charge on any atom is -0.406 e. The largest absolute Gasteiger partial charge is 0.573 e. The van der Waals surface area contributed by atoms with Gasteiger partial charge in [-0.15, -0.1) is 13.2 Å². The van der Waals surface area contributed by atoms with Crippen LogP contribution in [0, 0.1) is 11.3 Å². The molecule has 1 nitrogen and oxygen atoms in total. The highest BCUT2D eigenvalue weighted by Gasteiger charge is 2.57. The predicted octanol–water partition coefficient (Wildman–Crippen LogP) is 4.72. The van der Waals surface area contributed by atoms with E-state index in [1.54, 1.807) is 12.1 Å². The Bertz CT molecular complexity index is 425. The molecule has 0 amide bonds. The molecule has 1 aromatic rings. The topological polar surface area (TPSA) is 9.23 Å². The van der Waals surface area contributed by atoms with Crippen molar-refractivity contribution in [3.63, 3.8) is 0 Å². The lowest BCUT2D eigenvalue weighted by molar-refractivity contribution is -0.274. The Morgan fingerprint density at radius 1 is 1.22 bits per heavy atom. The van der Waals surface area contributed by atoms with Gasteiger partial charge in [0.1, 0.15) is 5.75 Å². The second kappa shape index (κ2) is 4.44. The second-order valence-electron chi connectivity index (χ2n) is 5.18. The Balaban J connectivity index is 2.10. The third kappa shape index (κ3) is 2.66. The fourth-order valence-electron chi connectivity index (χ4n) is 2.57. The molecular formula is C13H14BrF3O. The summed E-state index contributed by atoms with van der Waals surface area (Å²) in [6.07, 6.45) is -4.63. The Kier molecular flexibility index (Phi) is 3.38. The van der Waals surface area contributed by atoms with Gasteiger partial charge in [0.15, 0.2) is 0 Å². The zero-order valence-electron chi connectivity index (χ0n) is 10.1. The van der Waals surface area contributed by atoms with Gasteiger partial charge in [0.2, 0.25) is 0 Å². The molecular weight excluding hydrogens is 309 g/mol. The van der Waals surface area contributed by atoms with Gasteiger partial charge in [-0.3, -0.25) is 0 Å². The van der Waals surface area contributed by atoms with E-state index in [0.717, 1.165) is 10.9 Å². The van der Waals surface area contributed by atoms with E-state index in [1.165, 1.54) is 12.1 Å². The van der Waals surface area contributed by atoms with Crippen LogP contribution in [-0.4, -0.2) is 11.7 Å². The molecule has 0 radical (unpaired) electrons. The SMILES string of the molecule is CC1(C)C(CBr)C1c1ccc(OC(F)(F)F)cc1. The first-order valence-corrected chi connectivity index (χ1v) is 6.79. The zero-order valence-corrected chi connectivity index (χ0v) is 11.7. The molecule has 100 valence electrons. The number of hydrogen-bond acceptors (Lipinski definition) is 1. The van der Waals surface area contributed by atoms with E-state index in [1.807, 2.05) is 0 Å². The number of hydrogen-bond donors (Lipinski definition) is 0. The van der Waals surface area contributed by atoms with Gasteiger partial charge in [0.25, 0.3) is 0 Å². The van der Waals surface area contributed by atoms with Crippen LogP contribution in [0.2, 0.25) is 0 Å². The van der Waals surface area contributed by atoms with Gasteiger partial charge in [0, 0.05) is 5.33 Å². The van der Waals surface area contributed by atoms with E-state index in [-0.39, 0.29) is 11.2 Å². The van der Waals surface area contributed by atoms with E-state index in [2.05, 4.69) is 34.5 Å². The number of ether oxygens (including phenoxy) is 1. The highest BCUT2D eigenvalue weighted by Crippen LogP contribution is 2.64. The first kappa shape index (κ1) is 13.7. The van der Waals surface area contributed by atoms with Crippen LogP contribution in [-0.2, 0) is 0 Å². The zero-order chi connectivity index (χ0) is 13.6. The molecule has 0 spiro atoms. The van der Waals surface area contributed by atoms with Crippen LogP contribution in [0.5, 0.6) is 5.75 Å². The Morgan fingerprint density at radius 2 is 1.78 bits per heavy atom. The minimum atomic E-state index is -4.63. The molecule has 1 aliphatic carbocycles. The summed E-state index contributed by atoms with van der Waals surface area (Å²) in [6.45, 7) is 4.34. The Labute approximate surface area is 112 Å². The van der Waals surface area contributed by atoms with Gasteiger partial charge in [-0.1, -0.05) is 41.9 Å². The van der Waals surface area contributed by atoms with E-state index in [4.69, 9.17) is 0 Å². The summed E-state index contributed by atoms with van der Waals surface area (Å²) in [5, 5.41) is 0.908. The lowest BCUT2D eigenvalue weighted by atomic mass is 10.0. The molecule has 0 saturated heterocycles. The summed E-state index contributed by atoms with van der Waals surface area (Å²) in [6, 6.07) is 6.19. The predicted molar refractivity (Wildman–Crippen MR) is 66.9 cm³/mol. The average molecular weight is 323 g/mol. The summed E-state index contributed by atoms with van der Waals surface area (Å²) in [5.74, 6) is 0.767. The first-order valence-electron chi connectivity index (χ1n) is 5.67. The molecule has 0 bridgehead atoms. The number of halogens is 4. The molecule has 18 heavy (non-hydrogen) atoms. The molecule has 1 aliphatic rings. The quantitative estimate of drug-likeness (QED) is 0.732. The van der Waals surface area contributed by atoms with Gasteiger partial charge in [-0.2, -0.15) is 0 Å². The second-order valence-corrected chi connectivity index (χ2v) is 5.82. The molecule has 0 aromatic heterocycles. The molecule has 2 rings (SSSR count). The van der Waals surface area contributed by atoms with Gasteiger partial charge >= 0.3 is 6.36 Å². The first-order chi connectivity index (χ1) is 8.25. The van der Waals surface area contributed by atoms with E-state index in [9.17, 15) is 13.2 Å². The highest BCUT2D eigenvalue weighted by molar-refractivity contribution is 9.09. The highest BCUT2D eigenvalue weighted by atomic mass is 79.9. The van der Waals surface area contributed by atoms with Gasteiger partial charge in [-0.05, 0) is 34.9 Å². The fraction of sp³-hybridized carbons (Fsp3) is 0.538. The summed E-state index contributed by atoms with van der Waals surface area (Å²) < 4.78 is 39.9. The molecule has 1 fully saturated rings. The van der Waals surface area contributed by atoms with E-state index >= 15 is 0 Å². The standard InChI is InChI=1S/C13H14BrF3O/c1-12(2)10(7-14)11(12)8-3-5-9(6-4-8)18-13(15,16)17/h3-6,10-11H,7H2,1-2H3. The van der Waals surface area contributed by atoms with Crippen LogP contribution >= 0.6 is 15.9 Å². The molecule has 5 heteroatoms. The maximum Gasteiger partial charge on any atom is 0.573 e. The van der Waals surface area contributed by atoms with Crippen molar-refractivity contribution in [3.05, 3.63) is 29.8 Å². The van der Waals surface area contributed by atoms with Crippen molar-refractivity contribution < 1.29 is 17.9 Å². The lowest BCUT2D eigenvalue weighted by Gasteiger charge is -2.09. The van der Waals surface area contributed by atoms with Gasteiger partial charge < -0.3 is 4.74 Å². The van der Waals surface area contributed by atoms with Crippen LogP contribution in [0.1, 0.15) is 25.3 Å². The van der Waals surface area contributed by atoms with E-state index < -0.39 is 6.36 Å². The van der Waals surface area contributed by atoms with Crippen LogP contribution in [0.3, 0.4) is 0 Å². The number of benzene rings is 1. The molecule has 0 heterocycles. The van der Waals surface area contributed by atoms with Gasteiger partial charge in [0.05, 0.1) is 0 Å². The summed E-state index contributed by atoms with van der Waals surface area (Å²) in [4.78, 5) is 0. The Hall–Kier alpha value is -0.710. The molecule has 2 atom stereocenters. The molecule has 2 unspecified atom stereocenters. The van der Waals surface area contributed by atoms with Crippen molar-refractivity contribution in [2.45, 2.75) is 26.1 Å². The third-order valence-corrected chi connectivity index (χ3v) is 4.39. The molecule has 0 aliphatic heterocycles. The minimum absolute atomic E-state index is 0.167. The Morgan fingerprint density at radius 3 is 2.17 bits per heavy atom. The monoisotopic (exact) mass is 322 g/mol. The summed E-state index contributed by atoms with van der Waals surface area (Å²) in [5.41, 5.74) is 1.27. The molecule has 1 saturated carbocycles. The van der Waals surface area contributed by atoms with Crippen molar-refractivity contribution in [2.75, 3.05) is 5.33 Å². The number of rotatable bonds is 3. The maximum absolute atomic E-state index is 12.0. The fourth-order valence-corrected chi connectivity index (χ4v) is 3.78. The molecule has 0 N–H and O–H groups in total. The third-order valence-electron chi connectivity index (χ3n) is 3.69. The van der Waals surface area contributed by atoms with Crippen molar-refractivity contribution >= 4 is 15.9 Å². The van der Waals surface area contributed by atoms with Crippen LogP contribution in [0.4, 0.5) is 13.2 Å². The summed E-state index contributed by atoms with van der Waals surface area (Å²) in [7, 11) is 0. The number of alkyl halides is 4. The van der Waals surface area contributed by atoms with Gasteiger partial charge in [-0.25, -0.2) is 0 Å². The smallest absolute Gasteiger partial charge is 0.406 e. The van der Waals surface area contributed by atoms with Crippen LogP contribution < -0.4 is 4.74 Å². The lowest BCUT2D eigenvalue weighted by Crippen LogP contribution is -2.17. The normalized spacial score (nSPS) is 25.9. The van der Waals surface area contributed by atoms with Crippen molar-refractivity contribution in [2.24, 2.45) is 11.3 Å². The van der Waals surface area contributed by atoms with Crippen LogP contribution in [0.25, 0.3) is 0 Å². The van der Waals surface area contributed by atoms with Crippen molar-refractivity contribution in [1.82, 2.24) is 0 Å².